The number of likely N-dealkylation sites (tertiary alicyclic amines) is 1. The summed E-state index contributed by atoms with van der Waals surface area (Å²) in [6, 6.07) is 0. The Morgan fingerprint density at radius 3 is 2.74 bits per heavy atom. The van der Waals surface area contributed by atoms with Gasteiger partial charge in [0.05, 0.1) is 6.54 Å². The molecule has 1 aromatic heterocycles. The first-order chi connectivity index (χ1) is 8.88. The molecule has 1 unspecified atom stereocenters. The Hall–Kier alpha value is -0.680. The molecule has 2 heterocycles. The number of rotatable bonds is 2. The van der Waals surface area contributed by atoms with Gasteiger partial charge in [0.1, 0.15) is 10.0 Å². The summed E-state index contributed by atoms with van der Waals surface area (Å²) in [4.78, 5) is 14.0. The monoisotopic (exact) mass is 301 g/mol. The Bertz CT molecular complexity index is 455. The summed E-state index contributed by atoms with van der Waals surface area (Å²) in [6.07, 6.45) is 2.64. The van der Waals surface area contributed by atoms with Crippen LogP contribution in [0.25, 0.3) is 0 Å². The molecule has 4 nitrogen and oxygen atoms in total. The van der Waals surface area contributed by atoms with Crippen LogP contribution in [0.3, 0.4) is 0 Å². The van der Waals surface area contributed by atoms with Crippen LogP contribution in [-0.2, 0) is 11.3 Å². The third-order valence-corrected chi connectivity index (χ3v) is 4.87. The van der Waals surface area contributed by atoms with Gasteiger partial charge in [-0.1, -0.05) is 36.9 Å². The van der Waals surface area contributed by atoms with Gasteiger partial charge in [-0.2, -0.15) is 0 Å². The minimum absolute atomic E-state index is 0.204. The molecule has 0 bridgehead atoms. The first kappa shape index (κ1) is 14.7. The first-order valence-corrected chi connectivity index (χ1v) is 7.77. The van der Waals surface area contributed by atoms with Crippen molar-refractivity contribution in [2.75, 3.05) is 6.54 Å². The molecule has 1 aliphatic rings. The van der Waals surface area contributed by atoms with Gasteiger partial charge >= 0.3 is 0 Å². The van der Waals surface area contributed by atoms with Crippen molar-refractivity contribution in [3.05, 3.63) is 10.0 Å². The maximum absolute atomic E-state index is 12.2. The molecule has 1 atom stereocenters. The predicted molar refractivity (Wildman–Crippen MR) is 77.1 cm³/mol. The Kier molecular flexibility index (Phi) is 4.46. The molecule has 0 N–H and O–H groups in total. The van der Waals surface area contributed by atoms with Crippen molar-refractivity contribution < 1.29 is 4.79 Å². The van der Waals surface area contributed by atoms with Crippen molar-refractivity contribution in [3.8, 4) is 0 Å². The molecule has 1 aromatic rings. The van der Waals surface area contributed by atoms with Gasteiger partial charge in [-0.3, -0.25) is 4.79 Å². The third-order valence-electron chi connectivity index (χ3n) is 3.88. The van der Waals surface area contributed by atoms with E-state index in [-0.39, 0.29) is 11.3 Å². The summed E-state index contributed by atoms with van der Waals surface area (Å²) in [5.74, 6) is 0.793. The quantitative estimate of drug-likeness (QED) is 0.841. The number of hydrogen-bond acceptors (Lipinski definition) is 4. The van der Waals surface area contributed by atoms with E-state index in [1.54, 1.807) is 0 Å². The molecule has 1 saturated heterocycles. The van der Waals surface area contributed by atoms with Gasteiger partial charge in [0.25, 0.3) is 0 Å². The highest BCUT2D eigenvalue weighted by molar-refractivity contribution is 7.10. The number of halogens is 1. The van der Waals surface area contributed by atoms with E-state index in [4.69, 9.17) is 11.6 Å². The fourth-order valence-corrected chi connectivity index (χ4v) is 3.15. The highest BCUT2D eigenvalue weighted by Gasteiger charge is 2.30. The van der Waals surface area contributed by atoms with E-state index in [2.05, 4.69) is 30.4 Å². The maximum Gasteiger partial charge on any atom is 0.222 e. The number of nitrogens with zero attached hydrogens (tertiary/aromatic N) is 3. The predicted octanol–water partition coefficient (Wildman–Crippen LogP) is 3.37. The lowest BCUT2D eigenvalue weighted by Gasteiger charge is -2.29. The van der Waals surface area contributed by atoms with E-state index < -0.39 is 0 Å². The standard InChI is InChI=1S/C13H20ClN3OS/c1-13(2,3)9-4-5-11(18)17(7-6-9)8-10-12(14)19-16-15-10/h9H,4-8H2,1-3H3. The molecule has 0 radical (unpaired) electrons. The molecule has 1 amide bonds. The van der Waals surface area contributed by atoms with Gasteiger partial charge in [0, 0.05) is 24.5 Å². The van der Waals surface area contributed by atoms with Crippen molar-refractivity contribution in [2.24, 2.45) is 11.3 Å². The van der Waals surface area contributed by atoms with Crippen LogP contribution in [0.1, 0.15) is 45.7 Å². The molecule has 1 fully saturated rings. The Morgan fingerprint density at radius 1 is 1.42 bits per heavy atom. The fraction of sp³-hybridized carbons (Fsp3) is 0.769. The third kappa shape index (κ3) is 3.66. The number of carbonyl (C=O) groups excluding carboxylic acids is 1. The largest absolute Gasteiger partial charge is 0.337 e. The van der Waals surface area contributed by atoms with Crippen molar-refractivity contribution in [1.29, 1.82) is 0 Å². The van der Waals surface area contributed by atoms with Crippen LogP contribution in [-0.4, -0.2) is 26.9 Å². The van der Waals surface area contributed by atoms with Crippen LogP contribution in [0, 0.1) is 11.3 Å². The zero-order valence-electron chi connectivity index (χ0n) is 11.6. The lowest BCUT2D eigenvalue weighted by atomic mass is 9.77. The average molecular weight is 302 g/mol. The summed E-state index contributed by atoms with van der Waals surface area (Å²) in [6.45, 7) is 8.02. The highest BCUT2D eigenvalue weighted by Crippen LogP contribution is 2.35. The molecule has 19 heavy (non-hydrogen) atoms. The van der Waals surface area contributed by atoms with Crippen LogP contribution >= 0.6 is 23.1 Å². The SMILES string of the molecule is CC(C)(C)C1CCC(=O)N(Cc2nnsc2Cl)CC1. The molecule has 0 aromatic carbocycles. The van der Waals surface area contributed by atoms with Crippen molar-refractivity contribution >= 4 is 29.0 Å². The van der Waals surface area contributed by atoms with Crippen molar-refractivity contribution in [2.45, 2.75) is 46.6 Å². The van der Waals surface area contributed by atoms with Gasteiger partial charge in [-0.15, -0.1) is 5.10 Å². The summed E-state index contributed by atoms with van der Waals surface area (Å²) in [5.41, 5.74) is 0.977. The second kappa shape index (κ2) is 5.75. The normalized spacial score (nSPS) is 21.6. The van der Waals surface area contributed by atoms with Gasteiger partial charge in [-0.25, -0.2) is 0 Å². The Morgan fingerprint density at radius 2 is 2.16 bits per heavy atom. The molecule has 0 spiro atoms. The first-order valence-electron chi connectivity index (χ1n) is 6.62. The van der Waals surface area contributed by atoms with E-state index in [0.717, 1.165) is 19.4 Å². The zero-order chi connectivity index (χ0) is 14.0. The van der Waals surface area contributed by atoms with E-state index in [9.17, 15) is 4.79 Å². The van der Waals surface area contributed by atoms with Gasteiger partial charge < -0.3 is 4.90 Å². The lowest BCUT2D eigenvalue weighted by molar-refractivity contribution is -0.131. The maximum atomic E-state index is 12.2. The minimum atomic E-state index is 0.204. The number of amides is 1. The molecular weight excluding hydrogens is 282 g/mol. The van der Waals surface area contributed by atoms with Crippen LogP contribution in [0.15, 0.2) is 0 Å². The molecule has 106 valence electrons. The Labute approximate surface area is 123 Å². The smallest absolute Gasteiger partial charge is 0.222 e. The van der Waals surface area contributed by atoms with Crippen molar-refractivity contribution in [1.82, 2.24) is 14.5 Å². The van der Waals surface area contributed by atoms with Crippen molar-refractivity contribution in [3.63, 3.8) is 0 Å². The minimum Gasteiger partial charge on any atom is -0.337 e. The topological polar surface area (TPSA) is 46.1 Å². The van der Waals surface area contributed by atoms with E-state index in [1.165, 1.54) is 11.5 Å². The number of hydrogen-bond donors (Lipinski definition) is 0. The van der Waals surface area contributed by atoms with E-state index in [1.807, 2.05) is 4.90 Å². The van der Waals surface area contributed by atoms with Crippen LogP contribution in [0.5, 0.6) is 0 Å². The van der Waals surface area contributed by atoms with Gasteiger partial charge in [0.2, 0.25) is 5.91 Å². The van der Waals surface area contributed by atoms with Crippen LogP contribution < -0.4 is 0 Å². The second-order valence-electron chi connectivity index (χ2n) is 6.20. The molecule has 1 aliphatic heterocycles. The summed E-state index contributed by atoms with van der Waals surface area (Å²) in [7, 11) is 0. The summed E-state index contributed by atoms with van der Waals surface area (Å²) >= 11 is 7.17. The Balaban J connectivity index is 2.03. The van der Waals surface area contributed by atoms with E-state index in [0.29, 0.717) is 28.9 Å². The second-order valence-corrected chi connectivity index (χ2v) is 7.56. The average Bonchev–Trinajstić information content (AvgIpc) is 2.60. The fourth-order valence-electron chi connectivity index (χ4n) is 2.54. The molecule has 0 aliphatic carbocycles. The molecule has 2 rings (SSSR count). The highest BCUT2D eigenvalue weighted by atomic mass is 35.5. The van der Waals surface area contributed by atoms with Gasteiger partial charge in [0.15, 0.2) is 0 Å². The molecular formula is C13H20ClN3OS. The summed E-state index contributed by atoms with van der Waals surface area (Å²) < 4.78 is 4.40. The lowest BCUT2D eigenvalue weighted by Crippen LogP contribution is -2.30. The summed E-state index contributed by atoms with van der Waals surface area (Å²) in [5, 5.41) is 3.99. The number of carbonyl (C=O) groups is 1. The van der Waals surface area contributed by atoms with Crippen LogP contribution in [0.2, 0.25) is 4.34 Å². The van der Waals surface area contributed by atoms with E-state index >= 15 is 0 Å². The van der Waals surface area contributed by atoms with Crippen LogP contribution in [0.4, 0.5) is 0 Å². The van der Waals surface area contributed by atoms with Gasteiger partial charge in [-0.05, 0) is 24.2 Å². The molecule has 6 heteroatoms. The molecule has 0 saturated carbocycles. The number of aromatic nitrogens is 2. The zero-order valence-corrected chi connectivity index (χ0v) is 13.2.